The molecule has 2 aromatic rings. The lowest BCUT2D eigenvalue weighted by atomic mass is 10.0. The monoisotopic (exact) mass is 362 g/mol. The molecule has 3 nitrogen and oxygen atoms in total. The smallest absolute Gasteiger partial charge is 0.246 e. The fraction of sp³-hybridized carbons (Fsp3) is 0.375. The molecule has 3 heteroatoms. The van der Waals surface area contributed by atoms with Crippen LogP contribution in [0, 0.1) is 13.8 Å². The fourth-order valence-corrected chi connectivity index (χ4v) is 3.65. The van der Waals surface area contributed by atoms with Gasteiger partial charge in [0.15, 0.2) is 0 Å². The van der Waals surface area contributed by atoms with Crippen LogP contribution in [0.2, 0.25) is 0 Å². The van der Waals surface area contributed by atoms with Crippen molar-refractivity contribution >= 4 is 12.0 Å². The predicted molar refractivity (Wildman–Crippen MR) is 113 cm³/mol. The molecule has 1 aliphatic rings. The summed E-state index contributed by atoms with van der Waals surface area (Å²) in [6.07, 6.45) is 5.90. The van der Waals surface area contributed by atoms with Crippen molar-refractivity contribution in [3.63, 3.8) is 0 Å². The maximum Gasteiger partial charge on any atom is 0.246 e. The van der Waals surface area contributed by atoms with Crippen molar-refractivity contribution in [3.8, 4) is 0 Å². The first kappa shape index (κ1) is 19.4. The van der Waals surface area contributed by atoms with Gasteiger partial charge in [0.1, 0.15) is 0 Å². The standard InChI is InChI=1S/C24H30N2O/c1-20-10-12-23(21(2)19-20)9-6-14-25-15-17-26(18-16-25)24(27)13-11-22-7-4-3-5-8-22/h3-5,7-8,10-13,19H,6,9,14-18H2,1-2H3/b13-11+. The molecule has 1 saturated heterocycles. The summed E-state index contributed by atoms with van der Waals surface area (Å²) in [6.45, 7) is 9.04. The number of carbonyl (C=O) groups is 1. The quantitative estimate of drug-likeness (QED) is 0.723. The minimum Gasteiger partial charge on any atom is -0.337 e. The Morgan fingerprint density at radius 1 is 1.00 bits per heavy atom. The van der Waals surface area contributed by atoms with Gasteiger partial charge >= 0.3 is 0 Å². The molecule has 0 aliphatic carbocycles. The first-order valence-corrected chi connectivity index (χ1v) is 9.92. The summed E-state index contributed by atoms with van der Waals surface area (Å²) in [5.74, 6) is 0.119. The van der Waals surface area contributed by atoms with Crippen molar-refractivity contribution in [2.75, 3.05) is 32.7 Å². The molecule has 0 radical (unpaired) electrons. The van der Waals surface area contributed by atoms with Crippen molar-refractivity contribution in [2.45, 2.75) is 26.7 Å². The van der Waals surface area contributed by atoms with E-state index in [2.05, 4.69) is 36.9 Å². The summed E-state index contributed by atoms with van der Waals surface area (Å²) in [7, 11) is 0. The molecule has 2 aromatic carbocycles. The third-order valence-electron chi connectivity index (χ3n) is 5.32. The summed E-state index contributed by atoms with van der Waals surface area (Å²) in [5, 5.41) is 0. The number of piperazine rings is 1. The maximum absolute atomic E-state index is 12.4. The lowest BCUT2D eigenvalue weighted by molar-refractivity contribution is -0.127. The first-order valence-electron chi connectivity index (χ1n) is 9.92. The van der Waals surface area contributed by atoms with E-state index in [0.29, 0.717) is 0 Å². The van der Waals surface area contributed by atoms with Gasteiger partial charge in [0.25, 0.3) is 0 Å². The van der Waals surface area contributed by atoms with E-state index < -0.39 is 0 Å². The molecule has 0 spiro atoms. The number of benzene rings is 2. The molecule has 0 bridgehead atoms. The Hall–Kier alpha value is -2.39. The van der Waals surface area contributed by atoms with Gasteiger partial charge in [-0.25, -0.2) is 0 Å². The summed E-state index contributed by atoms with van der Waals surface area (Å²) >= 11 is 0. The van der Waals surface area contributed by atoms with Crippen molar-refractivity contribution in [1.82, 2.24) is 9.80 Å². The zero-order chi connectivity index (χ0) is 19.1. The first-order chi connectivity index (χ1) is 13.1. The van der Waals surface area contributed by atoms with Gasteiger partial charge in [-0.3, -0.25) is 9.69 Å². The van der Waals surface area contributed by atoms with E-state index in [-0.39, 0.29) is 5.91 Å². The van der Waals surface area contributed by atoms with Gasteiger partial charge in [0, 0.05) is 32.3 Å². The molecule has 27 heavy (non-hydrogen) atoms. The van der Waals surface area contributed by atoms with E-state index in [1.807, 2.05) is 41.3 Å². The molecule has 3 rings (SSSR count). The number of hydrogen-bond donors (Lipinski definition) is 0. The van der Waals surface area contributed by atoms with Gasteiger partial charge in [0.2, 0.25) is 5.91 Å². The minimum absolute atomic E-state index is 0.119. The van der Waals surface area contributed by atoms with Crippen LogP contribution in [0.3, 0.4) is 0 Å². The summed E-state index contributed by atoms with van der Waals surface area (Å²) in [5.41, 5.74) is 5.25. The highest BCUT2D eigenvalue weighted by atomic mass is 16.2. The van der Waals surface area contributed by atoms with E-state index in [1.54, 1.807) is 6.08 Å². The van der Waals surface area contributed by atoms with E-state index in [0.717, 1.165) is 44.7 Å². The van der Waals surface area contributed by atoms with Crippen LogP contribution in [-0.2, 0) is 11.2 Å². The van der Waals surface area contributed by atoms with Crippen molar-refractivity contribution < 1.29 is 4.79 Å². The van der Waals surface area contributed by atoms with Crippen LogP contribution in [0.25, 0.3) is 6.08 Å². The summed E-state index contributed by atoms with van der Waals surface area (Å²) in [6, 6.07) is 16.7. The van der Waals surface area contributed by atoms with Crippen LogP contribution in [-0.4, -0.2) is 48.4 Å². The normalized spacial score (nSPS) is 15.4. The van der Waals surface area contributed by atoms with E-state index >= 15 is 0 Å². The third kappa shape index (κ3) is 5.80. The van der Waals surface area contributed by atoms with E-state index in [9.17, 15) is 4.79 Å². The largest absolute Gasteiger partial charge is 0.337 e. The minimum atomic E-state index is 0.119. The lowest BCUT2D eigenvalue weighted by Gasteiger charge is -2.34. The van der Waals surface area contributed by atoms with Crippen LogP contribution >= 0.6 is 0 Å². The highest BCUT2D eigenvalue weighted by molar-refractivity contribution is 5.91. The van der Waals surface area contributed by atoms with E-state index in [1.165, 1.54) is 23.1 Å². The molecule has 142 valence electrons. The number of aryl methyl sites for hydroxylation is 3. The van der Waals surface area contributed by atoms with Gasteiger partial charge < -0.3 is 4.90 Å². The molecular formula is C24H30N2O. The van der Waals surface area contributed by atoms with Crippen molar-refractivity contribution in [2.24, 2.45) is 0 Å². The SMILES string of the molecule is Cc1ccc(CCCN2CCN(C(=O)/C=C/c3ccccc3)CC2)c(C)c1. The molecule has 0 N–H and O–H groups in total. The Morgan fingerprint density at radius 3 is 2.44 bits per heavy atom. The Kier molecular flexibility index (Phi) is 6.83. The number of hydrogen-bond acceptors (Lipinski definition) is 2. The Bertz CT molecular complexity index is 774. The van der Waals surface area contributed by atoms with Crippen LogP contribution in [0.4, 0.5) is 0 Å². The van der Waals surface area contributed by atoms with Gasteiger partial charge in [-0.2, -0.15) is 0 Å². The van der Waals surface area contributed by atoms with Crippen LogP contribution in [0.1, 0.15) is 28.7 Å². The number of amides is 1. The predicted octanol–water partition coefficient (Wildman–Crippen LogP) is 4.09. The van der Waals surface area contributed by atoms with Crippen LogP contribution in [0.5, 0.6) is 0 Å². The fourth-order valence-electron chi connectivity index (χ4n) is 3.65. The molecule has 0 saturated carbocycles. The average molecular weight is 363 g/mol. The Labute approximate surface area is 163 Å². The third-order valence-corrected chi connectivity index (χ3v) is 5.32. The Balaban J connectivity index is 1.39. The zero-order valence-corrected chi connectivity index (χ0v) is 16.5. The number of nitrogens with zero attached hydrogens (tertiary/aromatic N) is 2. The maximum atomic E-state index is 12.4. The van der Waals surface area contributed by atoms with Gasteiger partial charge in [-0.1, -0.05) is 54.1 Å². The average Bonchev–Trinajstić information content (AvgIpc) is 2.69. The van der Waals surface area contributed by atoms with E-state index in [4.69, 9.17) is 0 Å². The summed E-state index contributed by atoms with van der Waals surface area (Å²) < 4.78 is 0. The summed E-state index contributed by atoms with van der Waals surface area (Å²) in [4.78, 5) is 16.8. The van der Waals surface area contributed by atoms with Crippen LogP contribution in [0.15, 0.2) is 54.6 Å². The Morgan fingerprint density at radius 2 is 1.74 bits per heavy atom. The number of carbonyl (C=O) groups excluding carboxylic acids is 1. The van der Waals surface area contributed by atoms with Crippen molar-refractivity contribution in [1.29, 1.82) is 0 Å². The molecule has 0 aromatic heterocycles. The molecule has 0 unspecified atom stereocenters. The molecule has 1 fully saturated rings. The topological polar surface area (TPSA) is 23.6 Å². The second-order valence-electron chi connectivity index (χ2n) is 7.44. The zero-order valence-electron chi connectivity index (χ0n) is 16.5. The number of rotatable bonds is 6. The second kappa shape index (κ2) is 9.52. The molecule has 1 amide bonds. The lowest BCUT2D eigenvalue weighted by Crippen LogP contribution is -2.48. The van der Waals surface area contributed by atoms with Crippen molar-refractivity contribution in [3.05, 3.63) is 76.9 Å². The molecular weight excluding hydrogens is 332 g/mol. The van der Waals surface area contributed by atoms with Gasteiger partial charge in [0.05, 0.1) is 0 Å². The highest BCUT2D eigenvalue weighted by Gasteiger charge is 2.19. The molecule has 1 heterocycles. The molecule has 1 aliphatic heterocycles. The van der Waals surface area contributed by atoms with Crippen LogP contribution < -0.4 is 0 Å². The van der Waals surface area contributed by atoms with Gasteiger partial charge in [-0.05, 0) is 56.0 Å². The van der Waals surface area contributed by atoms with Gasteiger partial charge in [-0.15, -0.1) is 0 Å². The molecule has 0 atom stereocenters. The second-order valence-corrected chi connectivity index (χ2v) is 7.44. The highest BCUT2D eigenvalue weighted by Crippen LogP contribution is 2.13.